The van der Waals surface area contributed by atoms with Gasteiger partial charge in [-0.25, -0.2) is 4.98 Å². The lowest BCUT2D eigenvalue weighted by atomic mass is 10.1. The summed E-state index contributed by atoms with van der Waals surface area (Å²) in [7, 11) is 0. The van der Waals surface area contributed by atoms with Gasteiger partial charge in [0.25, 0.3) is 0 Å². The molecule has 2 aromatic rings. The highest BCUT2D eigenvalue weighted by Gasteiger charge is 2.20. The summed E-state index contributed by atoms with van der Waals surface area (Å²) < 4.78 is 10.8. The first-order chi connectivity index (χ1) is 12.8. The number of hydrogen-bond donors (Lipinski definition) is 1. The van der Waals surface area contributed by atoms with Gasteiger partial charge in [-0.3, -0.25) is 4.90 Å². The van der Waals surface area contributed by atoms with Crippen LogP contribution in [0, 0.1) is 0 Å². The van der Waals surface area contributed by atoms with Crippen molar-refractivity contribution >= 4 is 11.8 Å². The van der Waals surface area contributed by atoms with Crippen molar-refractivity contribution in [3.8, 4) is 11.5 Å². The van der Waals surface area contributed by atoms with Crippen molar-refractivity contribution in [3.63, 3.8) is 0 Å². The molecule has 7 nitrogen and oxygen atoms in total. The maximum Gasteiger partial charge on any atom is 0.231 e. The zero-order valence-electron chi connectivity index (χ0n) is 14.7. The van der Waals surface area contributed by atoms with Crippen LogP contribution in [0.1, 0.15) is 5.56 Å². The van der Waals surface area contributed by atoms with Crippen molar-refractivity contribution < 1.29 is 9.47 Å². The summed E-state index contributed by atoms with van der Waals surface area (Å²) in [5.41, 5.74) is 1.25. The number of rotatable bonds is 6. The Morgan fingerprint density at radius 2 is 1.96 bits per heavy atom. The second-order valence-corrected chi connectivity index (χ2v) is 6.36. The van der Waals surface area contributed by atoms with Gasteiger partial charge in [0, 0.05) is 45.5 Å². The van der Waals surface area contributed by atoms with Gasteiger partial charge in [-0.15, -0.1) is 6.58 Å². The first-order valence-electron chi connectivity index (χ1n) is 8.85. The fourth-order valence-corrected chi connectivity index (χ4v) is 3.21. The second kappa shape index (κ2) is 7.61. The number of anilines is 2. The van der Waals surface area contributed by atoms with Gasteiger partial charge >= 0.3 is 0 Å². The monoisotopic (exact) mass is 353 g/mol. The molecule has 0 radical (unpaired) electrons. The quantitative estimate of drug-likeness (QED) is 0.798. The summed E-state index contributed by atoms with van der Waals surface area (Å²) in [4.78, 5) is 13.6. The molecule has 4 rings (SSSR count). The van der Waals surface area contributed by atoms with E-state index in [0.29, 0.717) is 19.3 Å². The average molecular weight is 353 g/mol. The summed E-state index contributed by atoms with van der Waals surface area (Å²) in [5.74, 6) is 3.30. The Morgan fingerprint density at radius 1 is 1.12 bits per heavy atom. The first-order valence-corrected chi connectivity index (χ1v) is 8.85. The summed E-state index contributed by atoms with van der Waals surface area (Å²) in [5, 5.41) is 3.14. The van der Waals surface area contributed by atoms with Crippen molar-refractivity contribution in [2.75, 3.05) is 49.7 Å². The number of fused-ring (bicyclic) bond motifs is 1. The van der Waals surface area contributed by atoms with E-state index < -0.39 is 0 Å². The van der Waals surface area contributed by atoms with E-state index in [0.717, 1.165) is 50.0 Å². The van der Waals surface area contributed by atoms with Crippen LogP contribution in [0.3, 0.4) is 0 Å². The minimum absolute atomic E-state index is 0.319. The van der Waals surface area contributed by atoms with Gasteiger partial charge in [0.15, 0.2) is 11.5 Å². The second-order valence-electron chi connectivity index (χ2n) is 6.36. The van der Waals surface area contributed by atoms with Crippen LogP contribution < -0.4 is 19.7 Å². The molecule has 0 unspecified atom stereocenters. The highest BCUT2D eigenvalue weighted by atomic mass is 16.7. The van der Waals surface area contributed by atoms with Crippen LogP contribution in [0.15, 0.2) is 43.1 Å². The van der Waals surface area contributed by atoms with E-state index in [2.05, 4.69) is 43.8 Å². The largest absolute Gasteiger partial charge is 0.454 e. The normalized spacial score (nSPS) is 16.5. The Hall–Kier alpha value is -2.80. The highest BCUT2D eigenvalue weighted by molar-refractivity contribution is 5.45. The predicted molar refractivity (Wildman–Crippen MR) is 101 cm³/mol. The lowest BCUT2D eigenvalue weighted by Crippen LogP contribution is -2.46. The third kappa shape index (κ3) is 3.72. The maximum atomic E-state index is 5.47. The Morgan fingerprint density at radius 3 is 2.81 bits per heavy atom. The van der Waals surface area contributed by atoms with Gasteiger partial charge in [0.1, 0.15) is 5.82 Å². The van der Waals surface area contributed by atoms with Gasteiger partial charge in [0.05, 0.1) is 0 Å². The molecular weight excluding hydrogens is 330 g/mol. The number of hydrogen-bond acceptors (Lipinski definition) is 7. The van der Waals surface area contributed by atoms with E-state index in [1.54, 1.807) is 12.3 Å². The van der Waals surface area contributed by atoms with Crippen LogP contribution in [0.2, 0.25) is 0 Å². The van der Waals surface area contributed by atoms with Crippen molar-refractivity contribution in [1.29, 1.82) is 0 Å². The number of benzene rings is 1. The van der Waals surface area contributed by atoms with Crippen molar-refractivity contribution in [2.45, 2.75) is 6.54 Å². The third-order valence-electron chi connectivity index (χ3n) is 4.58. The molecule has 0 amide bonds. The zero-order valence-corrected chi connectivity index (χ0v) is 14.7. The molecule has 0 bridgehead atoms. The third-order valence-corrected chi connectivity index (χ3v) is 4.58. The van der Waals surface area contributed by atoms with Crippen LogP contribution in [0.5, 0.6) is 11.5 Å². The summed E-state index contributed by atoms with van der Waals surface area (Å²) in [6.45, 7) is 9.48. The SMILES string of the molecule is C=CCNc1nccc(N2CCN(Cc3ccc4c(c3)OCO4)CC2)n1. The van der Waals surface area contributed by atoms with E-state index in [4.69, 9.17) is 9.47 Å². The molecule has 1 N–H and O–H groups in total. The standard InChI is InChI=1S/C19H23N5O2/c1-2-6-20-19-21-7-5-18(22-19)24-10-8-23(9-11-24)13-15-3-4-16-17(12-15)26-14-25-16/h2-5,7,12H,1,6,8-11,13-14H2,(H,20,21,22). The average Bonchev–Trinajstić information content (AvgIpc) is 3.15. The number of nitrogens with one attached hydrogen (secondary N) is 1. The van der Waals surface area contributed by atoms with E-state index in [-0.39, 0.29) is 0 Å². The molecule has 3 heterocycles. The Bertz CT molecular complexity index is 774. The molecule has 0 saturated carbocycles. The van der Waals surface area contributed by atoms with Crippen LogP contribution in [-0.2, 0) is 6.54 Å². The van der Waals surface area contributed by atoms with E-state index >= 15 is 0 Å². The fourth-order valence-electron chi connectivity index (χ4n) is 3.21. The van der Waals surface area contributed by atoms with Crippen molar-refractivity contribution in [1.82, 2.24) is 14.9 Å². The predicted octanol–water partition coefficient (Wildman–Crippen LogP) is 2.13. The molecule has 26 heavy (non-hydrogen) atoms. The smallest absolute Gasteiger partial charge is 0.231 e. The molecular formula is C19H23N5O2. The van der Waals surface area contributed by atoms with Gasteiger partial charge in [0.2, 0.25) is 12.7 Å². The van der Waals surface area contributed by atoms with Crippen LogP contribution in [-0.4, -0.2) is 54.4 Å². The molecule has 0 aliphatic carbocycles. The van der Waals surface area contributed by atoms with Crippen molar-refractivity contribution in [2.24, 2.45) is 0 Å². The number of aromatic nitrogens is 2. The highest BCUT2D eigenvalue weighted by Crippen LogP contribution is 2.32. The van der Waals surface area contributed by atoms with E-state index in [1.807, 2.05) is 12.1 Å². The summed E-state index contributed by atoms with van der Waals surface area (Å²) in [6, 6.07) is 8.15. The maximum absolute atomic E-state index is 5.47. The topological polar surface area (TPSA) is 62.8 Å². The van der Waals surface area contributed by atoms with Gasteiger partial charge in [-0.2, -0.15) is 4.98 Å². The molecule has 0 atom stereocenters. The molecule has 2 aliphatic heterocycles. The lowest BCUT2D eigenvalue weighted by molar-refractivity contribution is 0.174. The molecule has 1 aromatic heterocycles. The minimum atomic E-state index is 0.319. The molecule has 2 aliphatic rings. The molecule has 1 saturated heterocycles. The molecule has 0 spiro atoms. The summed E-state index contributed by atoms with van der Waals surface area (Å²) in [6.07, 6.45) is 3.59. The number of piperazine rings is 1. The molecule has 1 aromatic carbocycles. The number of nitrogens with zero attached hydrogens (tertiary/aromatic N) is 4. The Kier molecular flexibility index (Phi) is 4.88. The van der Waals surface area contributed by atoms with Crippen molar-refractivity contribution in [3.05, 3.63) is 48.7 Å². The molecule has 7 heteroatoms. The lowest BCUT2D eigenvalue weighted by Gasteiger charge is -2.35. The number of ether oxygens (including phenoxy) is 2. The Balaban J connectivity index is 1.33. The zero-order chi connectivity index (χ0) is 17.8. The van der Waals surface area contributed by atoms with E-state index in [9.17, 15) is 0 Å². The molecule has 1 fully saturated rings. The van der Waals surface area contributed by atoms with Gasteiger partial charge in [-0.05, 0) is 23.8 Å². The van der Waals surface area contributed by atoms with Crippen LogP contribution in [0.4, 0.5) is 11.8 Å². The Labute approximate surface area is 153 Å². The first kappa shape index (κ1) is 16.7. The van der Waals surface area contributed by atoms with Gasteiger partial charge in [-0.1, -0.05) is 12.1 Å². The molecule has 136 valence electrons. The van der Waals surface area contributed by atoms with Crippen LogP contribution >= 0.6 is 0 Å². The summed E-state index contributed by atoms with van der Waals surface area (Å²) >= 11 is 0. The van der Waals surface area contributed by atoms with E-state index in [1.165, 1.54) is 5.56 Å². The minimum Gasteiger partial charge on any atom is -0.454 e. The fraction of sp³-hybridized carbons (Fsp3) is 0.368. The van der Waals surface area contributed by atoms with Gasteiger partial charge < -0.3 is 19.7 Å². The van der Waals surface area contributed by atoms with Crippen LogP contribution in [0.25, 0.3) is 0 Å².